The summed E-state index contributed by atoms with van der Waals surface area (Å²) in [5.41, 5.74) is 10.0. The molecule has 2 fully saturated rings. The molecule has 134 valence electrons. The number of aromatic nitrogens is 3. The predicted octanol–water partition coefficient (Wildman–Crippen LogP) is 3.17. The first-order chi connectivity index (χ1) is 12.7. The quantitative estimate of drug-likeness (QED) is 0.582. The van der Waals surface area contributed by atoms with Crippen LogP contribution in [0.3, 0.4) is 0 Å². The van der Waals surface area contributed by atoms with Crippen LogP contribution in [-0.4, -0.2) is 32.4 Å². The van der Waals surface area contributed by atoms with Crippen LogP contribution in [0.4, 0.5) is 11.5 Å². The minimum atomic E-state index is -0.0933. The molecule has 0 spiro atoms. The standard InChI is InChI=1S/C20H23N5O/c21-20-10-19(23-14-5-12-7-15(26)8-13(12)6-14)16-2-1-11(9-18(16)24-20)17-3-4-22-25-17/h1-4,9-10,12-15,26H,5-8H2,(H,22,25)(H3,21,23,24)/t12-,13+,14+,15-. The van der Waals surface area contributed by atoms with E-state index in [-0.39, 0.29) is 6.10 Å². The highest BCUT2D eigenvalue weighted by atomic mass is 16.3. The SMILES string of the molecule is Nc1cc(N[C@@H]2C[C@H]3C[C@H](O)C[C@H]3C2)c2ccc(-c3ccn[nH]3)cc2n1. The van der Waals surface area contributed by atoms with Crippen molar-refractivity contribution in [2.24, 2.45) is 11.8 Å². The largest absolute Gasteiger partial charge is 0.393 e. The lowest BCUT2D eigenvalue weighted by atomic mass is 10.0. The van der Waals surface area contributed by atoms with E-state index >= 15 is 0 Å². The zero-order chi connectivity index (χ0) is 17.7. The van der Waals surface area contributed by atoms with Crippen LogP contribution in [0, 0.1) is 11.8 Å². The number of hydrogen-bond acceptors (Lipinski definition) is 5. The third-order valence-electron chi connectivity index (χ3n) is 5.99. The monoisotopic (exact) mass is 349 g/mol. The molecule has 2 aliphatic rings. The molecule has 1 aromatic carbocycles. The molecule has 0 aliphatic heterocycles. The molecule has 0 amide bonds. The Morgan fingerprint density at radius 3 is 2.62 bits per heavy atom. The molecule has 0 unspecified atom stereocenters. The van der Waals surface area contributed by atoms with E-state index in [1.807, 2.05) is 18.2 Å². The van der Waals surface area contributed by atoms with Gasteiger partial charge < -0.3 is 16.2 Å². The zero-order valence-electron chi connectivity index (χ0n) is 14.5. The van der Waals surface area contributed by atoms with Crippen molar-refractivity contribution in [2.75, 3.05) is 11.1 Å². The third-order valence-corrected chi connectivity index (χ3v) is 5.99. The molecule has 0 radical (unpaired) electrons. The Morgan fingerprint density at radius 2 is 1.88 bits per heavy atom. The number of benzene rings is 1. The van der Waals surface area contributed by atoms with E-state index in [0.717, 1.165) is 53.5 Å². The molecule has 6 nitrogen and oxygen atoms in total. The molecule has 4 atom stereocenters. The number of rotatable bonds is 3. The fraction of sp³-hybridized carbons (Fsp3) is 0.400. The van der Waals surface area contributed by atoms with Crippen LogP contribution in [0.15, 0.2) is 36.5 Å². The number of aliphatic hydroxyl groups is 1. The first-order valence-corrected chi connectivity index (χ1v) is 9.30. The van der Waals surface area contributed by atoms with Gasteiger partial charge in [0.1, 0.15) is 5.82 Å². The van der Waals surface area contributed by atoms with Crippen molar-refractivity contribution in [3.63, 3.8) is 0 Å². The number of H-pyrrole nitrogens is 1. The van der Waals surface area contributed by atoms with Gasteiger partial charge in [0.05, 0.1) is 17.3 Å². The number of fused-ring (bicyclic) bond motifs is 2. The second-order valence-electron chi connectivity index (χ2n) is 7.75. The van der Waals surface area contributed by atoms with Crippen molar-refractivity contribution in [2.45, 2.75) is 37.8 Å². The van der Waals surface area contributed by atoms with Gasteiger partial charge in [-0.25, -0.2) is 4.98 Å². The number of pyridine rings is 1. The molecule has 2 aliphatic carbocycles. The zero-order valence-corrected chi connectivity index (χ0v) is 14.5. The second kappa shape index (κ2) is 5.99. The van der Waals surface area contributed by atoms with E-state index < -0.39 is 0 Å². The number of nitrogen functional groups attached to an aromatic ring is 1. The van der Waals surface area contributed by atoms with Crippen molar-refractivity contribution in [3.8, 4) is 11.3 Å². The summed E-state index contributed by atoms with van der Waals surface area (Å²) in [6, 6.07) is 10.5. The van der Waals surface area contributed by atoms with Gasteiger partial charge in [0.2, 0.25) is 0 Å². The summed E-state index contributed by atoms with van der Waals surface area (Å²) >= 11 is 0. The molecular weight excluding hydrogens is 326 g/mol. The van der Waals surface area contributed by atoms with E-state index in [0.29, 0.717) is 23.7 Å². The minimum absolute atomic E-state index is 0.0933. The van der Waals surface area contributed by atoms with Gasteiger partial charge in [-0.05, 0) is 49.7 Å². The van der Waals surface area contributed by atoms with E-state index in [2.05, 4.69) is 32.6 Å². The summed E-state index contributed by atoms with van der Waals surface area (Å²) in [5.74, 6) is 1.83. The van der Waals surface area contributed by atoms with Crippen molar-refractivity contribution < 1.29 is 5.11 Å². The molecule has 2 heterocycles. The molecule has 3 aromatic rings. The summed E-state index contributed by atoms with van der Waals surface area (Å²) < 4.78 is 0. The maximum atomic E-state index is 9.84. The van der Waals surface area contributed by atoms with Gasteiger partial charge in [0.25, 0.3) is 0 Å². The Kier molecular flexibility index (Phi) is 3.60. The van der Waals surface area contributed by atoms with Crippen molar-refractivity contribution >= 4 is 22.4 Å². The first-order valence-electron chi connectivity index (χ1n) is 9.30. The Bertz CT molecular complexity index is 925. The van der Waals surface area contributed by atoms with Crippen LogP contribution in [-0.2, 0) is 0 Å². The van der Waals surface area contributed by atoms with Crippen LogP contribution in [0.2, 0.25) is 0 Å². The average Bonchev–Trinajstić information content (AvgIpc) is 3.30. The number of anilines is 2. The number of aromatic amines is 1. The van der Waals surface area contributed by atoms with E-state index in [1.165, 1.54) is 0 Å². The van der Waals surface area contributed by atoms with Gasteiger partial charge in [0, 0.05) is 34.9 Å². The summed E-state index contributed by atoms with van der Waals surface area (Å²) in [5, 5.41) is 21.6. The summed E-state index contributed by atoms with van der Waals surface area (Å²) in [6.45, 7) is 0. The van der Waals surface area contributed by atoms with Gasteiger partial charge in [-0.3, -0.25) is 5.10 Å². The Hall–Kier alpha value is -2.60. The predicted molar refractivity (Wildman–Crippen MR) is 103 cm³/mol. The fourth-order valence-corrected chi connectivity index (χ4v) is 4.87. The van der Waals surface area contributed by atoms with Crippen LogP contribution in [0.1, 0.15) is 25.7 Å². The number of nitrogens with one attached hydrogen (secondary N) is 2. The van der Waals surface area contributed by atoms with Crippen molar-refractivity contribution in [3.05, 3.63) is 36.5 Å². The molecule has 5 rings (SSSR count). The smallest absolute Gasteiger partial charge is 0.126 e. The molecule has 2 aromatic heterocycles. The van der Waals surface area contributed by atoms with Crippen LogP contribution < -0.4 is 11.1 Å². The Balaban J connectivity index is 1.44. The molecule has 6 heteroatoms. The number of nitrogens with zero attached hydrogens (tertiary/aromatic N) is 2. The summed E-state index contributed by atoms with van der Waals surface area (Å²) in [4.78, 5) is 4.52. The second-order valence-corrected chi connectivity index (χ2v) is 7.75. The van der Waals surface area contributed by atoms with Gasteiger partial charge in [-0.15, -0.1) is 0 Å². The Labute approximate surface area is 151 Å². The van der Waals surface area contributed by atoms with Crippen LogP contribution in [0.5, 0.6) is 0 Å². The number of aliphatic hydroxyl groups excluding tert-OH is 1. The molecule has 2 saturated carbocycles. The van der Waals surface area contributed by atoms with Gasteiger partial charge in [0.15, 0.2) is 0 Å². The molecular formula is C20H23N5O. The minimum Gasteiger partial charge on any atom is -0.393 e. The van der Waals surface area contributed by atoms with Crippen molar-refractivity contribution in [1.82, 2.24) is 15.2 Å². The van der Waals surface area contributed by atoms with E-state index in [1.54, 1.807) is 6.20 Å². The number of hydrogen-bond donors (Lipinski definition) is 4. The summed E-state index contributed by atoms with van der Waals surface area (Å²) in [6.07, 6.45) is 5.80. The maximum absolute atomic E-state index is 9.84. The lowest BCUT2D eigenvalue weighted by Gasteiger charge is -2.18. The highest BCUT2D eigenvalue weighted by Gasteiger charge is 2.41. The topological polar surface area (TPSA) is 99.9 Å². The molecule has 0 saturated heterocycles. The Morgan fingerprint density at radius 1 is 1.08 bits per heavy atom. The first kappa shape index (κ1) is 15.6. The lowest BCUT2D eigenvalue weighted by molar-refractivity contribution is 0.171. The third kappa shape index (κ3) is 2.70. The van der Waals surface area contributed by atoms with Crippen LogP contribution >= 0.6 is 0 Å². The highest BCUT2D eigenvalue weighted by Crippen LogP contribution is 2.45. The molecule has 26 heavy (non-hydrogen) atoms. The maximum Gasteiger partial charge on any atom is 0.126 e. The summed E-state index contributed by atoms with van der Waals surface area (Å²) in [7, 11) is 0. The van der Waals surface area contributed by atoms with Gasteiger partial charge >= 0.3 is 0 Å². The number of nitrogens with two attached hydrogens (primary N) is 1. The molecule has 0 bridgehead atoms. The fourth-order valence-electron chi connectivity index (χ4n) is 4.87. The van der Waals surface area contributed by atoms with Gasteiger partial charge in [-0.2, -0.15) is 5.10 Å². The molecule has 5 N–H and O–H groups in total. The van der Waals surface area contributed by atoms with E-state index in [4.69, 9.17) is 5.73 Å². The van der Waals surface area contributed by atoms with E-state index in [9.17, 15) is 5.11 Å². The lowest BCUT2D eigenvalue weighted by Crippen LogP contribution is -2.18. The normalized spacial score (nSPS) is 27.7. The van der Waals surface area contributed by atoms with Crippen LogP contribution in [0.25, 0.3) is 22.2 Å². The van der Waals surface area contributed by atoms with Crippen molar-refractivity contribution in [1.29, 1.82) is 0 Å². The average molecular weight is 349 g/mol. The highest BCUT2D eigenvalue weighted by molar-refractivity contribution is 5.95. The van der Waals surface area contributed by atoms with Gasteiger partial charge in [-0.1, -0.05) is 12.1 Å².